The van der Waals surface area contributed by atoms with E-state index in [1.54, 1.807) is 0 Å². The Bertz CT molecular complexity index is 422. The number of hydrogen-bond acceptors (Lipinski definition) is 3. The normalized spacial score (nSPS) is 27.9. The average molecular weight is 290 g/mol. The number of rotatable bonds is 5. The van der Waals surface area contributed by atoms with Crippen molar-refractivity contribution in [1.29, 1.82) is 0 Å². The maximum absolute atomic E-state index is 4.26. The van der Waals surface area contributed by atoms with Crippen molar-refractivity contribution in [3.8, 4) is 0 Å². The Labute approximate surface area is 128 Å². The lowest BCUT2D eigenvalue weighted by molar-refractivity contribution is 0.148. The second-order valence-corrected chi connectivity index (χ2v) is 6.87. The van der Waals surface area contributed by atoms with Gasteiger partial charge in [0.25, 0.3) is 0 Å². The first-order valence-corrected chi connectivity index (χ1v) is 8.98. The molecule has 2 atom stereocenters. The van der Waals surface area contributed by atoms with E-state index in [4.69, 9.17) is 0 Å². The first kappa shape index (κ1) is 15.0. The Morgan fingerprint density at radius 3 is 2.67 bits per heavy atom. The minimum absolute atomic E-state index is 0.698. The lowest BCUT2D eigenvalue weighted by atomic mass is 9.71. The molecule has 1 heterocycles. The molecule has 2 aliphatic rings. The van der Waals surface area contributed by atoms with E-state index in [-0.39, 0.29) is 0 Å². The summed E-state index contributed by atoms with van der Waals surface area (Å²) in [5.74, 6) is 2.96. The molecule has 4 nitrogen and oxygen atoms in total. The van der Waals surface area contributed by atoms with E-state index in [9.17, 15) is 0 Å². The summed E-state index contributed by atoms with van der Waals surface area (Å²) in [7, 11) is 0. The van der Waals surface area contributed by atoms with Crippen molar-refractivity contribution in [3.05, 3.63) is 12.2 Å². The zero-order valence-corrected chi connectivity index (χ0v) is 13.4. The van der Waals surface area contributed by atoms with Gasteiger partial charge in [0.05, 0.1) is 6.54 Å². The van der Waals surface area contributed by atoms with Crippen molar-refractivity contribution in [2.24, 2.45) is 11.8 Å². The highest BCUT2D eigenvalue weighted by molar-refractivity contribution is 4.90. The van der Waals surface area contributed by atoms with E-state index in [2.05, 4.69) is 27.0 Å². The van der Waals surface area contributed by atoms with Gasteiger partial charge in [0.1, 0.15) is 12.2 Å². The molecule has 0 bridgehead atoms. The molecular formula is C17H30N4. The van der Waals surface area contributed by atoms with Crippen molar-refractivity contribution >= 4 is 0 Å². The van der Waals surface area contributed by atoms with Crippen LogP contribution in [0.1, 0.15) is 70.5 Å². The third-order valence-electron chi connectivity index (χ3n) is 5.63. The summed E-state index contributed by atoms with van der Waals surface area (Å²) in [5, 5.41) is 12.1. The lowest BCUT2D eigenvalue weighted by Crippen LogP contribution is -2.42. The average Bonchev–Trinajstić information content (AvgIpc) is 3.01. The first-order chi connectivity index (χ1) is 10.4. The number of aryl methyl sites for hydroxylation is 1. The summed E-state index contributed by atoms with van der Waals surface area (Å²) in [4.78, 5) is 0. The Balaban J connectivity index is 1.58. The van der Waals surface area contributed by atoms with Crippen LogP contribution in [0, 0.1) is 11.8 Å². The smallest absolute Gasteiger partial charge is 0.146 e. The molecule has 1 N–H and O–H groups in total. The fraction of sp³-hybridized carbons (Fsp3) is 0.882. The first-order valence-electron chi connectivity index (χ1n) is 8.98. The highest BCUT2D eigenvalue weighted by Crippen LogP contribution is 2.38. The highest BCUT2D eigenvalue weighted by atomic mass is 15.3. The van der Waals surface area contributed by atoms with Crippen molar-refractivity contribution < 1.29 is 0 Å². The third kappa shape index (κ3) is 3.65. The van der Waals surface area contributed by atoms with Gasteiger partial charge in [-0.15, -0.1) is 10.2 Å². The molecule has 0 amide bonds. The van der Waals surface area contributed by atoms with Gasteiger partial charge >= 0.3 is 0 Å². The van der Waals surface area contributed by atoms with Crippen LogP contribution in [0.25, 0.3) is 0 Å². The summed E-state index contributed by atoms with van der Waals surface area (Å²) < 4.78 is 2.14. The molecule has 0 spiro atoms. The van der Waals surface area contributed by atoms with Crippen molar-refractivity contribution in [2.45, 2.75) is 83.8 Å². The second-order valence-electron chi connectivity index (χ2n) is 6.87. The third-order valence-corrected chi connectivity index (χ3v) is 5.63. The van der Waals surface area contributed by atoms with Crippen LogP contribution >= 0.6 is 0 Å². The molecule has 118 valence electrons. The molecule has 3 rings (SSSR count). The van der Waals surface area contributed by atoms with Crippen LogP contribution in [0.4, 0.5) is 0 Å². The van der Waals surface area contributed by atoms with E-state index in [0.29, 0.717) is 6.04 Å². The van der Waals surface area contributed by atoms with Gasteiger partial charge in [0, 0.05) is 12.6 Å². The Kier molecular flexibility index (Phi) is 5.28. The molecular weight excluding hydrogens is 260 g/mol. The van der Waals surface area contributed by atoms with Gasteiger partial charge in [-0.1, -0.05) is 44.9 Å². The molecule has 21 heavy (non-hydrogen) atoms. The van der Waals surface area contributed by atoms with E-state index in [1.807, 2.05) is 6.33 Å². The zero-order valence-electron chi connectivity index (χ0n) is 13.4. The van der Waals surface area contributed by atoms with Gasteiger partial charge in [0.2, 0.25) is 0 Å². The number of nitrogens with one attached hydrogen (secondary N) is 1. The summed E-state index contributed by atoms with van der Waals surface area (Å²) in [6, 6.07) is 0.698. The Morgan fingerprint density at radius 2 is 1.86 bits per heavy atom. The topological polar surface area (TPSA) is 42.7 Å². The molecule has 4 heteroatoms. The lowest BCUT2D eigenvalue weighted by Gasteiger charge is -2.39. The van der Waals surface area contributed by atoms with Gasteiger partial charge in [-0.2, -0.15) is 0 Å². The van der Waals surface area contributed by atoms with Gasteiger partial charge < -0.3 is 9.88 Å². The second kappa shape index (κ2) is 7.39. The van der Waals surface area contributed by atoms with E-state index >= 15 is 0 Å². The monoisotopic (exact) mass is 290 g/mol. The summed E-state index contributed by atoms with van der Waals surface area (Å²) in [6.45, 7) is 3.99. The fourth-order valence-corrected chi connectivity index (χ4v) is 4.44. The fourth-order valence-electron chi connectivity index (χ4n) is 4.44. The van der Waals surface area contributed by atoms with E-state index in [1.165, 1.54) is 57.8 Å². The molecule has 2 saturated carbocycles. The standard InChI is InChI=1S/C17H30N4/c1-2-21-13-19-20-17(21)12-18-16-11-7-6-10-15(16)14-8-4-3-5-9-14/h13-16,18H,2-12H2,1H3. The van der Waals surface area contributed by atoms with Crippen LogP contribution in [0.2, 0.25) is 0 Å². The minimum Gasteiger partial charge on any atom is -0.317 e. The highest BCUT2D eigenvalue weighted by Gasteiger charge is 2.32. The molecule has 2 aliphatic carbocycles. The van der Waals surface area contributed by atoms with Crippen molar-refractivity contribution in [1.82, 2.24) is 20.1 Å². The van der Waals surface area contributed by atoms with Crippen LogP contribution in [0.3, 0.4) is 0 Å². The van der Waals surface area contributed by atoms with Crippen LogP contribution in [-0.2, 0) is 13.1 Å². The quantitative estimate of drug-likeness (QED) is 0.902. The molecule has 0 aromatic carbocycles. The van der Waals surface area contributed by atoms with Gasteiger partial charge in [-0.05, 0) is 31.6 Å². The van der Waals surface area contributed by atoms with Gasteiger partial charge in [-0.25, -0.2) is 0 Å². The predicted molar refractivity (Wildman–Crippen MR) is 84.9 cm³/mol. The van der Waals surface area contributed by atoms with Gasteiger partial charge in [0.15, 0.2) is 0 Å². The van der Waals surface area contributed by atoms with Crippen LogP contribution < -0.4 is 5.32 Å². The Morgan fingerprint density at radius 1 is 1.10 bits per heavy atom. The van der Waals surface area contributed by atoms with Crippen LogP contribution in [-0.4, -0.2) is 20.8 Å². The van der Waals surface area contributed by atoms with Gasteiger partial charge in [-0.3, -0.25) is 0 Å². The van der Waals surface area contributed by atoms with E-state index < -0.39 is 0 Å². The zero-order chi connectivity index (χ0) is 14.5. The molecule has 0 aliphatic heterocycles. The Hall–Kier alpha value is -0.900. The minimum atomic E-state index is 0.698. The maximum atomic E-state index is 4.26. The van der Waals surface area contributed by atoms with Crippen LogP contribution in [0.15, 0.2) is 6.33 Å². The molecule has 0 radical (unpaired) electrons. The molecule has 1 aromatic heterocycles. The maximum Gasteiger partial charge on any atom is 0.146 e. The van der Waals surface area contributed by atoms with E-state index in [0.717, 1.165) is 30.7 Å². The largest absolute Gasteiger partial charge is 0.317 e. The van der Waals surface area contributed by atoms with Crippen molar-refractivity contribution in [2.75, 3.05) is 0 Å². The van der Waals surface area contributed by atoms with Crippen LogP contribution in [0.5, 0.6) is 0 Å². The molecule has 0 saturated heterocycles. The SMILES string of the molecule is CCn1cnnc1CNC1CCCCC1C1CCCCC1. The summed E-state index contributed by atoms with van der Waals surface area (Å²) in [6.07, 6.45) is 14.8. The molecule has 2 fully saturated rings. The number of nitrogens with zero attached hydrogens (tertiary/aromatic N) is 3. The summed E-state index contributed by atoms with van der Waals surface area (Å²) >= 11 is 0. The predicted octanol–water partition coefficient (Wildman–Crippen LogP) is 3.53. The molecule has 2 unspecified atom stereocenters. The number of aromatic nitrogens is 3. The summed E-state index contributed by atoms with van der Waals surface area (Å²) in [5.41, 5.74) is 0. The molecule has 1 aromatic rings. The van der Waals surface area contributed by atoms with Crippen molar-refractivity contribution in [3.63, 3.8) is 0 Å². The number of hydrogen-bond donors (Lipinski definition) is 1.